The molecular weight excluding hydrogens is 316 g/mol. The van der Waals surface area contributed by atoms with Crippen LogP contribution in [-0.4, -0.2) is 22.0 Å². The Balaban J connectivity index is 2.03. The van der Waals surface area contributed by atoms with Gasteiger partial charge in [-0.05, 0) is 36.8 Å². The number of benzene rings is 2. The molecule has 0 heterocycles. The molecule has 9 heteroatoms. The quantitative estimate of drug-likeness (QED) is 0.512. The van der Waals surface area contributed by atoms with Gasteiger partial charge in [-0.25, -0.2) is 5.43 Å². The molecule has 0 fully saturated rings. The number of nitrogens with one attached hydrogen (secondary N) is 1. The molecule has 2 aromatic carbocycles. The van der Waals surface area contributed by atoms with Crippen molar-refractivity contribution in [2.24, 2.45) is 5.10 Å². The lowest BCUT2D eigenvalue weighted by molar-refractivity contribution is -0.385. The Kier molecular flexibility index (Phi) is 4.95. The van der Waals surface area contributed by atoms with Gasteiger partial charge in [0.05, 0.1) is 16.1 Å². The number of nitrogens with zero attached hydrogens (tertiary/aromatic N) is 3. The number of aryl methyl sites for hydroxylation is 1. The van der Waals surface area contributed by atoms with Crippen molar-refractivity contribution in [1.29, 1.82) is 0 Å². The van der Waals surface area contributed by atoms with Crippen LogP contribution in [-0.2, 0) is 0 Å². The maximum atomic E-state index is 11.9. The minimum absolute atomic E-state index is 0.0439. The van der Waals surface area contributed by atoms with Crippen LogP contribution in [0.5, 0.6) is 0 Å². The maximum absolute atomic E-state index is 11.9. The van der Waals surface area contributed by atoms with Gasteiger partial charge in [-0.3, -0.25) is 25.0 Å². The predicted molar refractivity (Wildman–Crippen MR) is 86.0 cm³/mol. The van der Waals surface area contributed by atoms with Crippen LogP contribution < -0.4 is 5.43 Å². The number of nitro groups is 2. The molecule has 1 amide bonds. The van der Waals surface area contributed by atoms with Crippen LogP contribution in [0.2, 0.25) is 0 Å². The first-order chi connectivity index (χ1) is 11.4. The van der Waals surface area contributed by atoms with E-state index >= 15 is 0 Å². The summed E-state index contributed by atoms with van der Waals surface area (Å²) in [5.41, 5.74) is 3.35. The Morgan fingerprint density at radius 1 is 1.08 bits per heavy atom. The molecule has 0 bridgehead atoms. The van der Waals surface area contributed by atoms with Crippen LogP contribution in [0.3, 0.4) is 0 Å². The number of hydrazone groups is 1. The van der Waals surface area contributed by atoms with E-state index in [0.717, 1.165) is 0 Å². The molecule has 122 valence electrons. The highest BCUT2D eigenvalue weighted by Crippen LogP contribution is 2.18. The molecule has 0 atom stereocenters. The zero-order valence-electron chi connectivity index (χ0n) is 12.5. The fourth-order valence-corrected chi connectivity index (χ4v) is 1.91. The van der Waals surface area contributed by atoms with Gasteiger partial charge in [0, 0.05) is 29.3 Å². The van der Waals surface area contributed by atoms with Crippen molar-refractivity contribution in [3.05, 3.63) is 79.4 Å². The van der Waals surface area contributed by atoms with Crippen molar-refractivity contribution < 1.29 is 14.6 Å². The molecular formula is C15H12N4O5. The summed E-state index contributed by atoms with van der Waals surface area (Å²) in [5.74, 6) is -0.522. The third kappa shape index (κ3) is 3.97. The number of amides is 1. The molecule has 0 aliphatic rings. The highest BCUT2D eigenvalue weighted by molar-refractivity contribution is 5.95. The summed E-state index contributed by atoms with van der Waals surface area (Å²) in [4.78, 5) is 32.2. The van der Waals surface area contributed by atoms with E-state index in [2.05, 4.69) is 10.5 Å². The van der Waals surface area contributed by atoms with E-state index in [4.69, 9.17) is 0 Å². The Hall–Kier alpha value is -3.62. The first-order valence-electron chi connectivity index (χ1n) is 6.71. The molecule has 0 radical (unpaired) electrons. The predicted octanol–water partition coefficient (Wildman–Crippen LogP) is 2.58. The first-order valence-corrected chi connectivity index (χ1v) is 6.71. The molecule has 24 heavy (non-hydrogen) atoms. The molecule has 9 nitrogen and oxygen atoms in total. The third-order valence-electron chi connectivity index (χ3n) is 3.14. The van der Waals surface area contributed by atoms with Gasteiger partial charge in [-0.1, -0.05) is 0 Å². The number of hydrogen-bond donors (Lipinski definition) is 1. The van der Waals surface area contributed by atoms with Crippen LogP contribution in [0.25, 0.3) is 0 Å². The van der Waals surface area contributed by atoms with Crippen molar-refractivity contribution >= 4 is 23.5 Å². The van der Waals surface area contributed by atoms with E-state index in [1.807, 2.05) is 0 Å². The Morgan fingerprint density at radius 3 is 2.29 bits per heavy atom. The molecule has 0 aliphatic heterocycles. The largest absolute Gasteiger partial charge is 0.272 e. The van der Waals surface area contributed by atoms with E-state index in [0.29, 0.717) is 11.1 Å². The zero-order valence-corrected chi connectivity index (χ0v) is 12.5. The van der Waals surface area contributed by atoms with Gasteiger partial charge in [-0.15, -0.1) is 0 Å². The second kappa shape index (κ2) is 7.09. The Morgan fingerprint density at radius 2 is 1.75 bits per heavy atom. The van der Waals surface area contributed by atoms with Crippen LogP contribution >= 0.6 is 0 Å². The first kappa shape index (κ1) is 16.7. The highest BCUT2D eigenvalue weighted by atomic mass is 16.6. The standard InChI is InChI=1S/C15H12N4O5/c1-10-8-12(4-7-14(10)19(23)24)15(20)17-16-9-11-2-5-13(6-3-11)18(21)22/h2-9H,1H3,(H,17,20). The number of rotatable bonds is 5. The molecule has 2 aromatic rings. The fourth-order valence-electron chi connectivity index (χ4n) is 1.91. The zero-order chi connectivity index (χ0) is 17.7. The summed E-state index contributed by atoms with van der Waals surface area (Å²) in [6, 6.07) is 9.61. The van der Waals surface area contributed by atoms with Gasteiger partial charge < -0.3 is 0 Å². The molecule has 0 aliphatic carbocycles. The monoisotopic (exact) mass is 328 g/mol. The maximum Gasteiger partial charge on any atom is 0.272 e. The second-order valence-corrected chi connectivity index (χ2v) is 4.81. The molecule has 1 N–H and O–H groups in total. The minimum Gasteiger partial charge on any atom is -0.267 e. The summed E-state index contributed by atoms with van der Waals surface area (Å²) in [5, 5.41) is 25.0. The summed E-state index contributed by atoms with van der Waals surface area (Å²) < 4.78 is 0. The van der Waals surface area contributed by atoms with Crippen LogP contribution in [0.15, 0.2) is 47.6 Å². The second-order valence-electron chi connectivity index (χ2n) is 4.81. The molecule has 0 spiro atoms. The number of nitro benzene ring substituents is 2. The van der Waals surface area contributed by atoms with Gasteiger partial charge in [0.25, 0.3) is 17.3 Å². The van der Waals surface area contributed by atoms with Crippen LogP contribution in [0, 0.1) is 27.2 Å². The third-order valence-corrected chi connectivity index (χ3v) is 3.14. The van der Waals surface area contributed by atoms with Crippen LogP contribution in [0.4, 0.5) is 11.4 Å². The number of non-ortho nitro benzene ring substituents is 1. The molecule has 0 unspecified atom stereocenters. The van der Waals surface area contributed by atoms with E-state index in [1.165, 1.54) is 55.6 Å². The Labute approximate surface area is 135 Å². The summed E-state index contributed by atoms with van der Waals surface area (Å²) in [7, 11) is 0. The van der Waals surface area contributed by atoms with E-state index in [-0.39, 0.29) is 16.9 Å². The molecule has 0 saturated carbocycles. The van der Waals surface area contributed by atoms with Gasteiger partial charge in [0.2, 0.25) is 0 Å². The summed E-state index contributed by atoms with van der Waals surface area (Å²) in [6.45, 7) is 1.54. The van der Waals surface area contributed by atoms with E-state index in [9.17, 15) is 25.0 Å². The average molecular weight is 328 g/mol. The molecule has 0 aromatic heterocycles. The highest BCUT2D eigenvalue weighted by Gasteiger charge is 2.13. The van der Waals surface area contributed by atoms with Crippen LogP contribution in [0.1, 0.15) is 21.5 Å². The lowest BCUT2D eigenvalue weighted by Gasteiger charge is -2.02. The normalized spacial score (nSPS) is 10.5. The van der Waals surface area contributed by atoms with Crippen molar-refractivity contribution in [2.45, 2.75) is 6.92 Å². The van der Waals surface area contributed by atoms with Gasteiger partial charge in [0.1, 0.15) is 0 Å². The van der Waals surface area contributed by atoms with E-state index < -0.39 is 15.8 Å². The van der Waals surface area contributed by atoms with Crippen molar-refractivity contribution in [2.75, 3.05) is 0 Å². The van der Waals surface area contributed by atoms with Crippen molar-refractivity contribution in [3.8, 4) is 0 Å². The minimum atomic E-state index is -0.524. The number of carbonyl (C=O) groups excluding carboxylic acids is 1. The number of hydrogen-bond acceptors (Lipinski definition) is 6. The average Bonchev–Trinajstić information content (AvgIpc) is 2.54. The summed E-state index contributed by atoms with van der Waals surface area (Å²) >= 11 is 0. The van der Waals surface area contributed by atoms with Gasteiger partial charge >= 0.3 is 0 Å². The SMILES string of the molecule is Cc1cc(C(=O)NN=Cc2ccc([N+](=O)[O-])cc2)ccc1[N+](=O)[O-]. The van der Waals surface area contributed by atoms with E-state index in [1.54, 1.807) is 0 Å². The van der Waals surface area contributed by atoms with Gasteiger partial charge in [0.15, 0.2) is 0 Å². The smallest absolute Gasteiger partial charge is 0.267 e. The lowest BCUT2D eigenvalue weighted by atomic mass is 10.1. The van der Waals surface area contributed by atoms with Gasteiger partial charge in [-0.2, -0.15) is 5.10 Å². The molecule has 0 saturated heterocycles. The fraction of sp³-hybridized carbons (Fsp3) is 0.0667. The van der Waals surface area contributed by atoms with Crippen molar-refractivity contribution in [1.82, 2.24) is 5.43 Å². The number of carbonyl (C=O) groups is 1. The summed E-state index contributed by atoms with van der Waals surface area (Å²) in [6.07, 6.45) is 1.33. The van der Waals surface area contributed by atoms with Crippen molar-refractivity contribution in [3.63, 3.8) is 0 Å². The topological polar surface area (TPSA) is 128 Å². The Bertz CT molecular complexity index is 830. The molecule has 2 rings (SSSR count). The lowest BCUT2D eigenvalue weighted by Crippen LogP contribution is -2.17.